The van der Waals surface area contributed by atoms with Gasteiger partial charge < -0.3 is 5.32 Å². The average Bonchev–Trinajstić information content (AvgIpc) is 2.81. The third-order valence-electron chi connectivity index (χ3n) is 4.45. The van der Waals surface area contributed by atoms with Crippen molar-refractivity contribution in [3.05, 3.63) is 23.3 Å². The third kappa shape index (κ3) is 3.03. The maximum absolute atomic E-state index is 5.50. The van der Waals surface area contributed by atoms with Gasteiger partial charge in [0, 0.05) is 7.05 Å². The molecule has 0 aromatic rings. The Morgan fingerprint density at radius 3 is 2.28 bits per heavy atom. The Bertz CT molecular complexity index is 361. The van der Waals surface area contributed by atoms with Crippen LogP contribution in [0.3, 0.4) is 0 Å². The largest absolute Gasteiger partial charge is 0.379 e. The zero-order valence-electron chi connectivity index (χ0n) is 11.6. The molecule has 0 spiro atoms. The van der Waals surface area contributed by atoms with Gasteiger partial charge in [-0.25, -0.2) is 0 Å². The van der Waals surface area contributed by atoms with E-state index in [9.17, 15) is 0 Å². The van der Waals surface area contributed by atoms with Crippen molar-refractivity contribution >= 4 is 17.2 Å². The van der Waals surface area contributed by atoms with Gasteiger partial charge in [0.05, 0.1) is 0 Å². The van der Waals surface area contributed by atoms with Crippen molar-refractivity contribution in [2.75, 3.05) is 7.05 Å². The number of hydrogen-bond donors (Lipinski definition) is 1. The van der Waals surface area contributed by atoms with Gasteiger partial charge in [0.2, 0.25) is 0 Å². The van der Waals surface area contributed by atoms with Gasteiger partial charge >= 0.3 is 0 Å². The molecule has 0 saturated heterocycles. The van der Waals surface area contributed by atoms with Gasteiger partial charge in [-0.15, -0.1) is 0 Å². The summed E-state index contributed by atoms with van der Waals surface area (Å²) in [7, 11) is 1.94. The van der Waals surface area contributed by atoms with Crippen molar-refractivity contribution < 1.29 is 0 Å². The molecular weight excluding hydrogens is 238 g/mol. The van der Waals surface area contributed by atoms with E-state index < -0.39 is 0 Å². The summed E-state index contributed by atoms with van der Waals surface area (Å²) in [5, 5.41) is 3.17. The van der Waals surface area contributed by atoms with E-state index in [1.807, 2.05) is 7.05 Å². The van der Waals surface area contributed by atoms with Crippen LogP contribution in [0, 0.1) is 5.92 Å². The molecule has 0 atom stereocenters. The van der Waals surface area contributed by atoms with Crippen LogP contribution in [-0.2, 0) is 0 Å². The second kappa shape index (κ2) is 6.51. The molecule has 1 N–H and O–H groups in total. The SMILES string of the molecule is C=C(C1=C(C(=S)NC)CCCCC1)C1CCCC1. The summed E-state index contributed by atoms with van der Waals surface area (Å²) in [5.74, 6) is 0.729. The van der Waals surface area contributed by atoms with Crippen LogP contribution in [0.15, 0.2) is 23.3 Å². The number of likely N-dealkylation sites (N-methyl/N-ethyl adjacent to an activating group) is 1. The van der Waals surface area contributed by atoms with Crippen LogP contribution in [-0.4, -0.2) is 12.0 Å². The first kappa shape index (κ1) is 13.8. The lowest BCUT2D eigenvalue weighted by molar-refractivity contribution is 0.637. The fourth-order valence-electron chi connectivity index (χ4n) is 3.36. The molecule has 0 unspecified atom stereocenters. The molecular formula is C16H25NS. The van der Waals surface area contributed by atoms with E-state index >= 15 is 0 Å². The van der Waals surface area contributed by atoms with Crippen molar-refractivity contribution in [2.24, 2.45) is 5.92 Å². The highest BCUT2D eigenvalue weighted by atomic mass is 32.1. The number of hydrogen-bond acceptors (Lipinski definition) is 1. The molecule has 0 heterocycles. The van der Waals surface area contributed by atoms with Crippen LogP contribution in [0.2, 0.25) is 0 Å². The molecule has 2 aliphatic carbocycles. The molecule has 1 nitrogen and oxygen atoms in total. The predicted octanol–water partition coefficient (Wildman–Crippen LogP) is 4.54. The summed E-state index contributed by atoms with van der Waals surface area (Å²) in [5.41, 5.74) is 4.29. The van der Waals surface area contributed by atoms with E-state index in [0.29, 0.717) is 0 Å². The van der Waals surface area contributed by atoms with Gasteiger partial charge in [-0.2, -0.15) is 0 Å². The summed E-state index contributed by atoms with van der Waals surface area (Å²) in [6.45, 7) is 4.42. The molecule has 2 heteroatoms. The van der Waals surface area contributed by atoms with Crippen LogP contribution in [0.4, 0.5) is 0 Å². The standard InChI is InChI=1S/C16H25NS/c1-12(13-8-6-7-9-13)14-10-4-3-5-11-15(14)16(18)17-2/h13H,1,3-11H2,2H3,(H,17,18). The first-order valence-corrected chi connectivity index (χ1v) is 7.78. The maximum atomic E-state index is 5.50. The molecule has 0 bridgehead atoms. The van der Waals surface area contributed by atoms with Gasteiger partial charge in [0.15, 0.2) is 0 Å². The van der Waals surface area contributed by atoms with E-state index in [0.717, 1.165) is 17.3 Å². The van der Waals surface area contributed by atoms with Crippen LogP contribution < -0.4 is 5.32 Å². The van der Waals surface area contributed by atoms with Gasteiger partial charge in [-0.3, -0.25) is 0 Å². The molecule has 1 fully saturated rings. The Balaban J connectivity index is 2.24. The summed E-state index contributed by atoms with van der Waals surface area (Å²) in [4.78, 5) is 0.950. The maximum Gasteiger partial charge on any atom is 0.102 e. The fourth-order valence-corrected chi connectivity index (χ4v) is 3.58. The van der Waals surface area contributed by atoms with Crippen LogP contribution in [0.5, 0.6) is 0 Å². The Labute approximate surface area is 117 Å². The minimum atomic E-state index is 0.729. The van der Waals surface area contributed by atoms with Gasteiger partial charge in [-0.05, 0) is 61.2 Å². The monoisotopic (exact) mass is 263 g/mol. The van der Waals surface area contributed by atoms with E-state index in [4.69, 9.17) is 12.2 Å². The molecule has 2 aliphatic rings. The highest BCUT2D eigenvalue weighted by Gasteiger charge is 2.24. The number of rotatable bonds is 3. The first-order valence-electron chi connectivity index (χ1n) is 7.37. The molecule has 0 amide bonds. The van der Waals surface area contributed by atoms with Gasteiger partial charge in [0.1, 0.15) is 4.99 Å². The Morgan fingerprint density at radius 1 is 1.06 bits per heavy atom. The molecule has 0 radical (unpaired) electrons. The zero-order valence-corrected chi connectivity index (χ0v) is 12.4. The highest BCUT2D eigenvalue weighted by Crippen LogP contribution is 2.38. The molecule has 2 rings (SSSR count). The number of allylic oxidation sites excluding steroid dienone is 2. The molecule has 0 aliphatic heterocycles. The fraction of sp³-hybridized carbons (Fsp3) is 0.688. The van der Waals surface area contributed by atoms with E-state index in [1.54, 1.807) is 0 Å². The van der Waals surface area contributed by atoms with Crippen molar-refractivity contribution in [3.63, 3.8) is 0 Å². The Hall–Kier alpha value is -0.630. The minimum Gasteiger partial charge on any atom is -0.379 e. The lowest BCUT2D eigenvalue weighted by atomic mass is 9.87. The van der Waals surface area contributed by atoms with Gasteiger partial charge in [-0.1, -0.05) is 38.1 Å². The molecule has 0 aromatic carbocycles. The second-order valence-electron chi connectivity index (χ2n) is 5.60. The van der Waals surface area contributed by atoms with Crippen molar-refractivity contribution in [3.8, 4) is 0 Å². The van der Waals surface area contributed by atoms with Crippen LogP contribution in [0.25, 0.3) is 0 Å². The molecule has 100 valence electrons. The van der Waals surface area contributed by atoms with Crippen LogP contribution >= 0.6 is 12.2 Å². The zero-order chi connectivity index (χ0) is 13.0. The summed E-state index contributed by atoms with van der Waals surface area (Å²) < 4.78 is 0. The van der Waals surface area contributed by atoms with Crippen molar-refractivity contribution in [1.29, 1.82) is 0 Å². The highest BCUT2D eigenvalue weighted by molar-refractivity contribution is 7.80. The number of nitrogens with one attached hydrogen (secondary N) is 1. The Morgan fingerprint density at radius 2 is 1.67 bits per heavy atom. The molecule has 1 saturated carbocycles. The smallest absolute Gasteiger partial charge is 0.102 e. The van der Waals surface area contributed by atoms with Crippen LogP contribution in [0.1, 0.15) is 57.8 Å². The Kier molecular flexibility index (Phi) is 4.99. The van der Waals surface area contributed by atoms with E-state index in [2.05, 4.69) is 11.9 Å². The predicted molar refractivity (Wildman–Crippen MR) is 82.9 cm³/mol. The summed E-state index contributed by atoms with van der Waals surface area (Å²) in [6.07, 6.45) is 11.7. The topological polar surface area (TPSA) is 12.0 Å². The minimum absolute atomic E-state index is 0.729. The molecule has 0 aromatic heterocycles. The lowest BCUT2D eigenvalue weighted by Crippen LogP contribution is -2.20. The molecule has 18 heavy (non-hydrogen) atoms. The quantitative estimate of drug-likeness (QED) is 0.750. The lowest BCUT2D eigenvalue weighted by Gasteiger charge is -2.20. The second-order valence-corrected chi connectivity index (χ2v) is 6.01. The normalized spacial score (nSPS) is 21.8. The van der Waals surface area contributed by atoms with E-state index in [-0.39, 0.29) is 0 Å². The van der Waals surface area contributed by atoms with Gasteiger partial charge in [0.25, 0.3) is 0 Å². The van der Waals surface area contributed by atoms with Crippen molar-refractivity contribution in [1.82, 2.24) is 5.32 Å². The summed E-state index contributed by atoms with van der Waals surface area (Å²) in [6, 6.07) is 0. The first-order chi connectivity index (χ1) is 8.74. The number of thiocarbonyl (C=S) groups is 1. The summed E-state index contributed by atoms with van der Waals surface area (Å²) >= 11 is 5.50. The average molecular weight is 263 g/mol. The van der Waals surface area contributed by atoms with Crippen molar-refractivity contribution in [2.45, 2.75) is 57.8 Å². The van der Waals surface area contributed by atoms with E-state index in [1.165, 1.54) is 68.1 Å². The third-order valence-corrected chi connectivity index (χ3v) is 4.91.